The first-order chi connectivity index (χ1) is 6.24. The van der Waals surface area contributed by atoms with Crippen LogP contribution in [0.4, 0.5) is 0 Å². The van der Waals surface area contributed by atoms with E-state index < -0.39 is 0 Å². The molecule has 0 spiro atoms. The molecule has 0 saturated heterocycles. The Morgan fingerprint density at radius 2 is 2.23 bits per heavy atom. The van der Waals surface area contributed by atoms with Crippen molar-refractivity contribution in [3.05, 3.63) is 23.2 Å². The summed E-state index contributed by atoms with van der Waals surface area (Å²) in [7, 11) is 0. The lowest BCUT2D eigenvalue weighted by Crippen LogP contribution is -2.17. The van der Waals surface area contributed by atoms with E-state index in [1.807, 2.05) is 13.8 Å². The van der Waals surface area contributed by atoms with Gasteiger partial charge in [-0.25, -0.2) is 0 Å². The van der Waals surface area contributed by atoms with Crippen molar-refractivity contribution >= 4 is 0 Å². The highest BCUT2D eigenvalue weighted by atomic mass is 16.3. The van der Waals surface area contributed by atoms with Gasteiger partial charge < -0.3 is 15.5 Å². The quantitative estimate of drug-likeness (QED) is 0.675. The molecule has 0 aliphatic heterocycles. The van der Waals surface area contributed by atoms with E-state index in [0.29, 0.717) is 0 Å². The average Bonchev–Trinajstić information content (AvgIpc) is 2.39. The first-order valence-electron chi connectivity index (χ1n) is 4.70. The van der Waals surface area contributed by atoms with Crippen LogP contribution in [-0.4, -0.2) is 13.1 Å². The van der Waals surface area contributed by atoms with Gasteiger partial charge in [-0.3, -0.25) is 0 Å². The van der Waals surface area contributed by atoms with Crippen LogP contribution in [0.1, 0.15) is 23.5 Å². The Hall–Kier alpha value is -0.800. The predicted molar refractivity (Wildman–Crippen MR) is 53.6 cm³/mol. The number of nitrogens with two attached hydrogens (primary N) is 1. The Balaban J connectivity index is 2.32. The molecule has 0 amide bonds. The highest BCUT2D eigenvalue weighted by Crippen LogP contribution is 2.12. The van der Waals surface area contributed by atoms with E-state index in [9.17, 15) is 0 Å². The summed E-state index contributed by atoms with van der Waals surface area (Å²) in [4.78, 5) is 0. The topological polar surface area (TPSA) is 51.2 Å². The van der Waals surface area contributed by atoms with Gasteiger partial charge in [-0.05, 0) is 39.4 Å². The summed E-state index contributed by atoms with van der Waals surface area (Å²) in [5.74, 6) is 1.99. The van der Waals surface area contributed by atoms with Crippen molar-refractivity contribution in [2.45, 2.75) is 26.8 Å². The van der Waals surface area contributed by atoms with Crippen LogP contribution in [0, 0.1) is 13.8 Å². The van der Waals surface area contributed by atoms with Crippen LogP contribution in [0.2, 0.25) is 0 Å². The van der Waals surface area contributed by atoms with Crippen molar-refractivity contribution in [3.8, 4) is 0 Å². The Labute approximate surface area is 79.3 Å². The van der Waals surface area contributed by atoms with Crippen LogP contribution in [0.15, 0.2) is 10.5 Å². The average molecular weight is 182 g/mol. The number of nitrogens with one attached hydrogen (secondary N) is 1. The maximum atomic E-state index is 5.41. The molecule has 0 aliphatic carbocycles. The van der Waals surface area contributed by atoms with Gasteiger partial charge in [0.15, 0.2) is 0 Å². The third-order valence-corrected chi connectivity index (χ3v) is 2.02. The summed E-state index contributed by atoms with van der Waals surface area (Å²) in [6.07, 6.45) is 1.02. The molecule has 1 rings (SSSR count). The zero-order chi connectivity index (χ0) is 9.68. The zero-order valence-corrected chi connectivity index (χ0v) is 8.39. The summed E-state index contributed by atoms with van der Waals surface area (Å²) < 4.78 is 5.41. The van der Waals surface area contributed by atoms with Gasteiger partial charge in [-0.2, -0.15) is 0 Å². The molecule has 3 N–H and O–H groups in total. The Morgan fingerprint density at radius 1 is 1.46 bits per heavy atom. The van der Waals surface area contributed by atoms with E-state index in [4.69, 9.17) is 10.2 Å². The van der Waals surface area contributed by atoms with Crippen LogP contribution in [0.3, 0.4) is 0 Å². The second-order valence-electron chi connectivity index (χ2n) is 3.26. The van der Waals surface area contributed by atoms with E-state index in [0.717, 1.165) is 37.6 Å². The molecule has 0 aliphatic rings. The SMILES string of the molecule is Cc1cc(CNCCCN)c(C)o1. The maximum Gasteiger partial charge on any atom is 0.105 e. The number of hydrogen-bond acceptors (Lipinski definition) is 3. The molecule has 0 atom stereocenters. The van der Waals surface area contributed by atoms with Gasteiger partial charge in [0.25, 0.3) is 0 Å². The van der Waals surface area contributed by atoms with Gasteiger partial charge in [0.05, 0.1) is 0 Å². The summed E-state index contributed by atoms with van der Waals surface area (Å²) in [6.45, 7) is 6.56. The van der Waals surface area contributed by atoms with Crippen LogP contribution in [-0.2, 0) is 6.54 Å². The van der Waals surface area contributed by atoms with E-state index in [1.54, 1.807) is 0 Å². The molecular formula is C10H18N2O. The molecule has 0 aromatic carbocycles. The minimum Gasteiger partial charge on any atom is -0.466 e. The van der Waals surface area contributed by atoms with E-state index in [2.05, 4.69) is 11.4 Å². The lowest BCUT2D eigenvalue weighted by molar-refractivity contribution is 0.499. The molecule has 0 saturated carbocycles. The van der Waals surface area contributed by atoms with Crippen molar-refractivity contribution < 1.29 is 4.42 Å². The minimum atomic E-state index is 0.746. The van der Waals surface area contributed by atoms with Gasteiger partial charge in [0.2, 0.25) is 0 Å². The van der Waals surface area contributed by atoms with Gasteiger partial charge in [-0.1, -0.05) is 0 Å². The molecule has 0 fully saturated rings. The van der Waals surface area contributed by atoms with E-state index in [1.165, 1.54) is 5.56 Å². The van der Waals surface area contributed by atoms with Crippen LogP contribution in [0.5, 0.6) is 0 Å². The first kappa shape index (κ1) is 10.3. The molecule has 1 aromatic rings. The lowest BCUT2D eigenvalue weighted by Gasteiger charge is -2.01. The first-order valence-corrected chi connectivity index (χ1v) is 4.70. The molecular weight excluding hydrogens is 164 g/mol. The third kappa shape index (κ3) is 3.20. The predicted octanol–water partition coefficient (Wildman–Crippen LogP) is 1.33. The van der Waals surface area contributed by atoms with Crippen LogP contribution in [0.25, 0.3) is 0 Å². The van der Waals surface area contributed by atoms with Crippen molar-refractivity contribution in [3.63, 3.8) is 0 Å². The van der Waals surface area contributed by atoms with E-state index >= 15 is 0 Å². The smallest absolute Gasteiger partial charge is 0.105 e. The fourth-order valence-electron chi connectivity index (χ4n) is 1.31. The van der Waals surface area contributed by atoms with Gasteiger partial charge >= 0.3 is 0 Å². The molecule has 74 valence electrons. The highest BCUT2D eigenvalue weighted by Gasteiger charge is 2.02. The number of furan rings is 1. The summed E-state index contributed by atoms with van der Waals surface area (Å²) in [5, 5.41) is 3.32. The van der Waals surface area contributed by atoms with Crippen molar-refractivity contribution in [1.82, 2.24) is 5.32 Å². The Bertz CT molecular complexity index is 255. The Kier molecular flexibility index (Phi) is 3.99. The van der Waals surface area contributed by atoms with Gasteiger partial charge in [-0.15, -0.1) is 0 Å². The monoisotopic (exact) mass is 182 g/mol. The standard InChI is InChI=1S/C10H18N2O/c1-8-6-10(9(2)13-8)7-12-5-3-4-11/h6,12H,3-5,7,11H2,1-2H3. The summed E-state index contributed by atoms with van der Waals surface area (Å²) >= 11 is 0. The number of rotatable bonds is 5. The van der Waals surface area contributed by atoms with Gasteiger partial charge in [0.1, 0.15) is 11.5 Å². The normalized spacial score (nSPS) is 10.7. The molecule has 0 bridgehead atoms. The largest absolute Gasteiger partial charge is 0.466 e. The fourth-order valence-corrected chi connectivity index (χ4v) is 1.31. The van der Waals surface area contributed by atoms with Crippen molar-refractivity contribution in [2.75, 3.05) is 13.1 Å². The molecule has 3 nitrogen and oxygen atoms in total. The molecule has 1 heterocycles. The number of hydrogen-bond donors (Lipinski definition) is 2. The summed E-state index contributed by atoms with van der Waals surface area (Å²) in [6, 6.07) is 2.07. The summed E-state index contributed by atoms with van der Waals surface area (Å²) in [5.41, 5.74) is 6.63. The van der Waals surface area contributed by atoms with E-state index in [-0.39, 0.29) is 0 Å². The van der Waals surface area contributed by atoms with Crippen LogP contribution < -0.4 is 11.1 Å². The van der Waals surface area contributed by atoms with Crippen molar-refractivity contribution in [2.24, 2.45) is 5.73 Å². The minimum absolute atomic E-state index is 0.746. The van der Waals surface area contributed by atoms with Gasteiger partial charge in [0, 0.05) is 12.1 Å². The van der Waals surface area contributed by atoms with Crippen molar-refractivity contribution in [1.29, 1.82) is 0 Å². The zero-order valence-electron chi connectivity index (χ0n) is 8.39. The fraction of sp³-hybridized carbons (Fsp3) is 0.600. The lowest BCUT2D eigenvalue weighted by atomic mass is 10.2. The molecule has 0 radical (unpaired) electrons. The molecule has 13 heavy (non-hydrogen) atoms. The second-order valence-corrected chi connectivity index (χ2v) is 3.26. The highest BCUT2D eigenvalue weighted by molar-refractivity contribution is 5.19. The maximum absolute atomic E-state index is 5.41. The molecule has 0 unspecified atom stereocenters. The second kappa shape index (κ2) is 5.04. The third-order valence-electron chi connectivity index (χ3n) is 2.02. The number of aryl methyl sites for hydroxylation is 2. The molecule has 3 heteroatoms. The molecule has 1 aromatic heterocycles. The van der Waals surface area contributed by atoms with Crippen LogP contribution >= 0.6 is 0 Å². The Morgan fingerprint density at radius 3 is 2.77 bits per heavy atom.